The first-order chi connectivity index (χ1) is 9.66. The number of fused-ring (bicyclic) bond motifs is 1. The topological polar surface area (TPSA) is 95.1 Å². The van der Waals surface area contributed by atoms with Gasteiger partial charge in [0, 0.05) is 11.4 Å². The highest BCUT2D eigenvalue weighted by Gasteiger charge is 2.34. The Morgan fingerprint density at radius 2 is 2.20 bits per heavy atom. The molecule has 2 atom stereocenters. The first kappa shape index (κ1) is 12.7. The minimum atomic E-state index is -0.840. The molecule has 20 heavy (non-hydrogen) atoms. The van der Waals surface area contributed by atoms with E-state index in [1.807, 2.05) is 6.07 Å². The first-order valence-electron chi connectivity index (χ1n) is 6.62. The molecule has 1 aromatic heterocycles. The van der Waals surface area contributed by atoms with Gasteiger partial charge in [0.05, 0.1) is 23.2 Å². The third-order valence-corrected chi connectivity index (χ3v) is 3.87. The highest BCUT2D eigenvalue weighted by molar-refractivity contribution is 6.05. The van der Waals surface area contributed by atoms with Crippen molar-refractivity contribution in [2.45, 2.75) is 25.3 Å². The molecular formula is C14H15N3O3. The van der Waals surface area contributed by atoms with Crippen molar-refractivity contribution in [2.24, 2.45) is 5.92 Å². The number of carbonyl (C=O) groups is 2. The van der Waals surface area contributed by atoms with Crippen LogP contribution in [0.3, 0.4) is 0 Å². The molecule has 1 aliphatic carbocycles. The number of hydrogen-bond acceptors (Lipinski definition) is 3. The maximum absolute atomic E-state index is 12.3. The summed E-state index contributed by atoms with van der Waals surface area (Å²) in [5.74, 6) is -1.58. The lowest BCUT2D eigenvalue weighted by atomic mass is 10.0. The third kappa shape index (κ3) is 2.13. The van der Waals surface area contributed by atoms with Gasteiger partial charge in [-0.1, -0.05) is 18.6 Å². The molecule has 1 fully saturated rings. The summed E-state index contributed by atoms with van der Waals surface area (Å²) in [5.41, 5.74) is 1.17. The molecule has 3 rings (SSSR count). The highest BCUT2D eigenvalue weighted by Crippen LogP contribution is 2.26. The van der Waals surface area contributed by atoms with E-state index in [0.29, 0.717) is 23.9 Å². The van der Waals surface area contributed by atoms with Crippen LogP contribution in [0.1, 0.15) is 29.6 Å². The number of aliphatic carboxylic acids is 1. The highest BCUT2D eigenvalue weighted by atomic mass is 16.4. The molecule has 0 spiro atoms. The van der Waals surface area contributed by atoms with Crippen molar-refractivity contribution in [1.82, 2.24) is 15.5 Å². The van der Waals surface area contributed by atoms with E-state index in [2.05, 4.69) is 15.5 Å². The number of rotatable bonds is 3. The predicted octanol–water partition coefficient (Wildman–Crippen LogP) is 1.55. The van der Waals surface area contributed by atoms with E-state index in [1.165, 1.54) is 0 Å². The molecule has 1 aromatic carbocycles. The van der Waals surface area contributed by atoms with Crippen molar-refractivity contribution in [3.8, 4) is 0 Å². The number of nitrogens with one attached hydrogen (secondary N) is 2. The Hall–Kier alpha value is -2.37. The summed E-state index contributed by atoms with van der Waals surface area (Å²) in [6.07, 6.45) is 3.81. The van der Waals surface area contributed by atoms with Crippen LogP contribution in [-0.2, 0) is 4.79 Å². The van der Waals surface area contributed by atoms with Gasteiger partial charge < -0.3 is 10.4 Å². The molecule has 1 aliphatic rings. The van der Waals surface area contributed by atoms with Crippen molar-refractivity contribution in [3.63, 3.8) is 0 Å². The lowest BCUT2D eigenvalue weighted by Gasteiger charge is -2.17. The maximum atomic E-state index is 12.3. The molecule has 6 nitrogen and oxygen atoms in total. The average molecular weight is 273 g/mol. The molecule has 2 aromatic rings. The number of hydrogen-bond donors (Lipinski definition) is 3. The molecule has 0 bridgehead atoms. The molecule has 0 radical (unpaired) electrons. The smallest absolute Gasteiger partial charge is 0.308 e. The summed E-state index contributed by atoms with van der Waals surface area (Å²) in [6.45, 7) is 0. The van der Waals surface area contributed by atoms with E-state index < -0.39 is 11.9 Å². The number of benzene rings is 1. The van der Waals surface area contributed by atoms with Crippen molar-refractivity contribution < 1.29 is 14.7 Å². The number of carboxylic acids is 1. The second-order valence-corrected chi connectivity index (χ2v) is 5.10. The fourth-order valence-electron chi connectivity index (χ4n) is 2.83. The van der Waals surface area contributed by atoms with Crippen LogP contribution in [0.25, 0.3) is 10.9 Å². The summed E-state index contributed by atoms with van der Waals surface area (Å²) in [7, 11) is 0. The SMILES string of the molecule is O=C(N[C@H]1CCC[C@H]1C(=O)O)c1cccc2cn[nH]c12. The quantitative estimate of drug-likeness (QED) is 0.790. The molecule has 1 saturated carbocycles. The minimum absolute atomic E-state index is 0.252. The number of carboxylic acid groups (broad SMARTS) is 1. The first-order valence-corrected chi connectivity index (χ1v) is 6.62. The van der Waals surface area contributed by atoms with Crippen LogP contribution in [0.4, 0.5) is 0 Å². The Balaban J connectivity index is 1.83. The van der Waals surface area contributed by atoms with Crippen LogP contribution in [0, 0.1) is 5.92 Å². The Labute approximate surface area is 115 Å². The molecule has 104 valence electrons. The van der Waals surface area contributed by atoms with Gasteiger partial charge in [-0.25, -0.2) is 0 Å². The molecule has 0 unspecified atom stereocenters. The van der Waals surface area contributed by atoms with Gasteiger partial charge in [0.25, 0.3) is 5.91 Å². The fourth-order valence-corrected chi connectivity index (χ4v) is 2.83. The second kappa shape index (κ2) is 4.96. The fraction of sp³-hybridized carbons (Fsp3) is 0.357. The van der Waals surface area contributed by atoms with Crippen LogP contribution in [-0.4, -0.2) is 33.2 Å². The zero-order valence-electron chi connectivity index (χ0n) is 10.8. The molecule has 1 heterocycles. The number of carbonyl (C=O) groups excluding carboxylic acids is 1. The summed E-state index contributed by atoms with van der Waals surface area (Å²) >= 11 is 0. The van der Waals surface area contributed by atoms with Gasteiger partial charge in [0.2, 0.25) is 0 Å². The molecule has 0 saturated heterocycles. The van der Waals surface area contributed by atoms with E-state index in [9.17, 15) is 9.59 Å². The average Bonchev–Trinajstić information content (AvgIpc) is 3.05. The summed E-state index contributed by atoms with van der Waals surface area (Å²) in [4.78, 5) is 23.5. The predicted molar refractivity (Wildman–Crippen MR) is 72.3 cm³/mol. The van der Waals surface area contributed by atoms with Gasteiger partial charge in [-0.2, -0.15) is 5.10 Å². The normalized spacial score (nSPS) is 22.0. The van der Waals surface area contributed by atoms with E-state index in [0.717, 1.165) is 11.8 Å². The zero-order chi connectivity index (χ0) is 14.1. The number of amides is 1. The van der Waals surface area contributed by atoms with Crippen LogP contribution < -0.4 is 5.32 Å². The lowest BCUT2D eigenvalue weighted by Crippen LogP contribution is -2.40. The standard InChI is InChI=1S/C14H15N3O3/c18-13(16-11-6-2-4-9(11)14(19)20)10-5-1-3-8-7-15-17-12(8)10/h1,3,5,7,9,11H,2,4,6H2,(H,15,17)(H,16,18)(H,19,20)/t9-,11+/m1/s1. The second-order valence-electron chi connectivity index (χ2n) is 5.10. The Bertz CT molecular complexity index is 664. The van der Waals surface area contributed by atoms with Crippen LogP contribution in [0.15, 0.2) is 24.4 Å². The Morgan fingerprint density at radius 3 is 3.00 bits per heavy atom. The van der Waals surface area contributed by atoms with Gasteiger partial charge in [-0.05, 0) is 18.9 Å². The van der Waals surface area contributed by atoms with Crippen LogP contribution in [0.2, 0.25) is 0 Å². The van der Waals surface area contributed by atoms with Crippen molar-refractivity contribution in [3.05, 3.63) is 30.0 Å². The van der Waals surface area contributed by atoms with E-state index in [-0.39, 0.29) is 11.9 Å². The molecular weight excluding hydrogens is 258 g/mol. The molecule has 3 N–H and O–H groups in total. The molecule has 6 heteroatoms. The van der Waals surface area contributed by atoms with Crippen LogP contribution >= 0.6 is 0 Å². The van der Waals surface area contributed by atoms with E-state index >= 15 is 0 Å². The number of aromatic nitrogens is 2. The van der Waals surface area contributed by atoms with Crippen molar-refractivity contribution in [2.75, 3.05) is 0 Å². The third-order valence-electron chi connectivity index (χ3n) is 3.87. The van der Waals surface area contributed by atoms with E-state index in [4.69, 9.17) is 5.11 Å². The van der Waals surface area contributed by atoms with Gasteiger partial charge in [-0.3, -0.25) is 14.7 Å². The number of nitrogens with zero attached hydrogens (tertiary/aromatic N) is 1. The minimum Gasteiger partial charge on any atom is -0.481 e. The van der Waals surface area contributed by atoms with Crippen molar-refractivity contribution in [1.29, 1.82) is 0 Å². The molecule has 1 amide bonds. The van der Waals surface area contributed by atoms with E-state index in [1.54, 1.807) is 18.3 Å². The lowest BCUT2D eigenvalue weighted by molar-refractivity contribution is -0.142. The van der Waals surface area contributed by atoms with Gasteiger partial charge in [0.1, 0.15) is 0 Å². The number of H-pyrrole nitrogens is 1. The van der Waals surface area contributed by atoms with Crippen molar-refractivity contribution >= 4 is 22.8 Å². The van der Waals surface area contributed by atoms with Gasteiger partial charge in [-0.15, -0.1) is 0 Å². The maximum Gasteiger partial charge on any atom is 0.308 e. The Morgan fingerprint density at radius 1 is 1.35 bits per heavy atom. The summed E-state index contributed by atoms with van der Waals surface area (Å²) in [5, 5.41) is 19.6. The number of aromatic amines is 1. The largest absolute Gasteiger partial charge is 0.481 e. The Kier molecular flexibility index (Phi) is 3.14. The summed E-state index contributed by atoms with van der Waals surface area (Å²) in [6, 6.07) is 5.07. The van der Waals surface area contributed by atoms with Gasteiger partial charge >= 0.3 is 5.97 Å². The number of para-hydroxylation sites is 1. The summed E-state index contributed by atoms with van der Waals surface area (Å²) < 4.78 is 0. The van der Waals surface area contributed by atoms with Crippen LogP contribution in [0.5, 0.6) is 0 Å². The monoisotopic (exact) mass is 273 g/mol. The zero-order valence-corrected chi connectivity index (χ0v) is 10.8. The van der Waals surface area contributed by atoms with Gasteiger partial charge in [0.15, 0.2) is 0 Å². The molecule has 0 aliphatic heterocycles.